The third-order valence-electron chi connectivity index (χ3n) is 4.11. The van der Waals surface area contributed by atoms with E-state index in [9.17, 15) is 5.11 Å². The quantitative estimate of drug-likeness (QED) is 0.612. The minimum absolute atomic E-state index is 0.0822. The largest absolute Gasteiger partial charge is 0.508 e. The molecule has 0 aliphatic carbocycles. The lowest BCUT2D eigenvalue weighted by molar-refractivity contribution is 0.282. The Hall–Kier alpha value is -2.36. The summed E-state index contributed by atoms with van der Waals surface area (Å²) in [7, 11) is 0. The maximum absolute atomic E-state index is 10.1. The van der Waals surface area contributed by atoms with E-state index in [0.29, 0.717) is 12.3 Å². The second-order valence-corrected chi connectivity index (χ2v) is 5.69. The Morgan fingerprint density at radius 3 is 2.35 bits per heavy atom. The molecule has 23 heavy (non-hydrogen) atoms. The van der Waals surface area contributed by atoms with Gasteiger partial charge in [0.1, 0.15) is 5.75 Å². The van der Waals surface area contributed by atoms with Crippen molar-refractivity contribution >= 4 is 10.8 Å². The normalized spacial score (nSPS) is 11.0. The van der Waals surface area contributed by atoms with Crippen LogP contribution in [0.4, 0.5) is 0 Å². The summed E-state index contributed by atoms with van der Waals surface area (Å²) in [6, 6.07) is 19.8. The van der Waals surface area contributed by atoms with Crippen LogP contribution in [-0.4, -0.2) is 16.8 Å². The van der Waals surface area contributed by atoms with Crippen molar-refractivity contribution in [2.75, 3.05) is 6.54 Å². The van der Waals surface area contributed by atoms with Gasteiger partial charge < -0.3 is 15.5 Å². The molecule has 0 atom stereocenters. The first-order chi connectivity index (χ1) is 11.3. The number of fused-ring (bicyclic) bond motifs is 1. The Morgan fingerprint density at radius 1 is 0.826 bits per heavy atom. The fourth-order valence-corrected chi connectivity index (χ4v) is 2.77. The number of aromatic hydroxyl groups is 1. The second-order valence-electron chi connectivity index (χ2n) is 5.69. The predicted molar refractivity (Wildman–Crippen MR) is 93.4 cm³/mol. The third kappa shape index (κ3) is 3.70. The summed E-state index contributed by atoms with van der Waals surface area (Å²) < 4.78 is 0. The molecule has 3 aromatic carbocycles. The Kier molecular flexibility index (Phi) is 4.91. The number of nitrogens with one attached hydrogen (secondary N) is 1. The van der Waals surface area contributed by atoms with Gasteiger partial charge in [0.05, 0.1) is 6.61 Å². The molecule has 3 rings (SSSR count). The van der Waals surface area contributed by atoms with E-state index in [1.54, 1.807) is 6.07 Å². The van der Waals surface area contributed by atoms with Gasteiger partial charge in [-0.2, -0.15) is 0 Å². The van der Waals surface area contributed by atoms with E-state index < -0.39 is 0 Å². The highest BCUT2D eigenvalue weighted by Gasteiger charge is 2.06. The van der Waals surface area contributed by atoms with E-state index in [1.807, 2.05) is 48.5 Å². The molecule has 0 fully saturated rings. The highest BCUT2D eigenvalue weighted by Crippen LogP contribution is 2.26. The average molecular weight is 307 g/mol. The first-order valence-electron chi connectivity index (χ1n) is 7.87. The van der Waals surface area contributed by atoms with Gasteiger partial charge in [-0.05, 0) is 40.9 Å². The van der Waals surface area contributed by atoms with Gasteiger partial charge in [-0.1, -0.05) is 54.6 Å². The van der Waals surface area contributed by atoms with Crippen LogP contribution in [0.3, 0.4) is 0 Å². The van der Waals surface area contributed by atoms with Crippen molar-refractivity contribution in [3.8, 4) is 5.75 Å². The average Bonchev–Trinajstić information content (AvgIpc) is 2.60. The second kappa shape index (κ2) is 7.27. The molecule has 3 nitrogen and oxygen atoms in total. The molecule has 0 amide bonds. The van der Waals surface area contributed by atoms with Crippen molar-refractivity contribution in [3.05, 3.63) is 77.4 Å². The minimum Gasteiger partial charge on any atom is -0.508 e. The van der Waals surface area contributed by atoms with Crippen molar-refractivity contribution in [1.29, 1.82) is 0 Å². The fraction of sp³-hybridized carbons (Fsp3) is 0.200. The van der Waals surface area contributed by atoms with Gasteiger partial charge in [0.25, 0.3) is 0 Å². The number of phenols is 1. The summed E-state index contributed by atoms with van der Waals surface area (Å²) in [6.07, 6.45) is 0.914. The first-order valence-corrected chi connectivity index (χ1v) is 7.87. The zero-order valence-corrected chi connectivity index (χ0v) is 13.0. The standard InChI is InChI=1S/C20H21NO2/c22-14-16-7-5-15(6-8-16)11-12-21-13-19-18-4-2-1-3-17(18)9-10-20(19)23/h1-10,21-23H,11-14H2. The Bertz CT molecular complexity index is 781. The molecule has 0 aromatic heterocycles. The van der Waals surface area contributed by atoms with Crippen molar-refractivity contribution < 1.29 is 10.2 Å². The first kappa shape index (κ1) is 15.5. The molecule has 0 unspecified atom stereocenters. The Labute approximate surface area is 136 Å². The SMILES string of the molecule is OCc1ccc(CCNCc2c(O)ccc3ccccc23)cc1. The molecule has 3 heteroatoms. The summed E-state index contributed by atoms with van der Waals surface area (Å²) >= 11 is 0. The lowest BCUT2D eigenvalue weighted by Crippen LogP contribution is -2.17. The molecule has 0 saturated carbocycles. The van der Waals surface area contributed by atoms with Gasteiger partial charge in [0.15, 0.2) is 0 Å². The summed E-state index contributed by atoms with van der Waals surface area (Å²) in [6.45, 7) is 1.56. The molecule has 0 heterocycles. The molecule has 118 valence electrons. The molecule has 3 N–H and O–H groups in total. The van der Waals surface area contributed by atoms with Crippen LogP contribution in [0.2, 0.25) is 0 Å². The molecular weight excluding hydrogens is 286 g/mol. The molecule has 0 aliphatic heterocycles. The molecule has 3 aromatic rings. The Balaban J connectivity index is 1.61. The van der Waals surface area contributed by atoms with E-state index >= 15 is 0 Å². The zero-order chi connectivity index (χ0) is 16.1. The number of aliphatic hydroxyl groups excluding tert-OH is 1. The lowest BCUT2D eigenvalue weighted by Gasteiger charge is -2.10. The number of hydrogen-bond acceptors (Lipinski definition) is 3. The maximum Gasteiger partial charge on any atom is 0.120 e. The third-order valence-corrected chi connectivity index (χ3v) is 4.11. The number of rotatable bonds is 6. The van der Waals surface area contributed by atoms with Crippen molar-refractivity contribution in [3.63, 3.8) is 0 Å². The summed E-state index contributed by atoms with van der Waals surface area (Å²) in [4.78, 5) is 0. The topological polar surface area (TPSA) is 52.5 Å². The van der Waals surface area contributed by atoms with Gasteiger partial charge in [-0.3, -0.25) is 0 Å². The Morgan fingerprint density at radius 2 is 1.57 bits per heavy atom. The summed E-state index contributed by atoms with van der Waals surface area (Å²) in [5.41, 5.74) is 3.11. The summed E-state index contributed by atoms with van der Waals surface area (Å²) in [5, 5.41) is 24.8. The van der Waals surface area contributed by atoms with Crippen LogP contribution in [0.1, 0.15) is 16.7 Å². The molecule has 0 radical (unpaired) electrons. The zero-order valence-electron chi connectivity index (χ0n) is 13.0. The lowest BCUT2D eigenvalue weighted by atomic mass is 10.0. The maximum atomic E-state index is 10.1. The van der Waals surface area contributed by atoms with E-state index in [0.717, 1.165) is 34.9 Å². The van der Waals surface area contributed by atoms with Crippen LogP contribution < -0.4 is 5.32 Å². The van der Waals surface area contributed by atoms with Crippen LogP contribution in [0, 0.1) is 0 Å². The van der Waals surface area contributed by atoms with Crippen LogP contribution in [0.25, 0.3) is 10.8 Å². The van der Waals surface area contributed by atoms with E-state index in [1.165, 1.54) is 5.56 Å². The van der Waals surface area contributed by atoms with E-state index in [-0.39, 0.29) is 6.61 Å². The molecule has 0 bridgehead atoms. The van der Waals surface area contributed by atoms with Crippen LogP contribution in [-0.2, 0) is 19.6 Å². The van der Waals surface area contributed by atoms with Gasteiger partial charge in [0.2, 0.25) is 0 Å². The number of phenolic OH excluding ortho intramolecular Hbond substituents is 1. The number of aliphatic hydroxyl groups is 1. The highest BCUT2D eigenvalue weighted by atomic mass is 16.3. The van der Waals surface area contributed by atoms with E-state index in [4.69, 9.17) is 5.11 Å². The molecule has 0 saturated heterocycles. The van der Waals surface area contributed by atoms with Gasteiger partial charge in [-0.15, -0.1) is 0 Å². The van der Waals surface area contributed by atoms with Crippen molar-refractivity contribution in [1.82, 2.24) is 5.32 Å². The molecule has 0 spiro atoms. The van der Waals surface area contributed by atoms with Crippen LogP contribution in [0.5, 0.6) is 5.75 Å². The van der Waals surface area contributed by atoms with Crippen molar-refractivity contribution in [2.45, 2.75) is 19.6 Å². The number of benzene rings is 3. The monoisotopic (exact) mass is 307 g/mol. The van der Waals surface area contributed by atoms with Gasteiger partial charge in [0, 0.05) is 12.1 Å². The number of hydrogen-bond donors (Lipinski definition) is 3. The predicted octanol–water partition coefficient (Wildman–Crippen LogP) is 3.37. The minimum atomic E-state index is 0.0822. The molecule has 0 aliphatic rings. The smallest absolute Gasteiger partial charge is 0.120 e. The summed E-state index contributed by atoms with van der Waals surface area (Å²) in [5.74, 6) is 0.337. The van der Waals surface area contributed by atoms with Crippen LogP contribution >= 0.6 is 0 Å². The van der Waals surface area contributed by atoms with Gasteiger partial charge in [-0.25, -0.2) is 0 Å². The van der Waals surface area contributed by atoms with Crippen molar-refractivity contribution in [2.24, 2.45) is 0 Å². The highest BCUT2D eigenvalue weighted by molar-refractivity contribution is 5.87. The fourth-order valence-electron chi connectivity index (χ4n) is 2.77. The van der Waals surface area contributed by atoms with Crippen LogP contribution in [0.15, 0.2) is 60.7 Å². The van der Waals surface area contributed by atoms with E-state index in [2.05, 4.69) is 11.4 Å². The van der Waals surface area contributed by atoms with Gasteiger partial charge >= 0.3 is 0 Å². The molecular formula is C20H21NO2.